The lowest BCUT2D eigenvalue weighted by molar-refractivity contribution is -0.123. The van der Waals surface area contributed by atoms with E-state index in [4.69, 9.17) is 0 Å². The predicted molar refractivity (Wildman–Crippen MR) is 51.3 cm³/mol. The maximum atomic E-state index is 11.6. The Morgan fingerprint density at radius 3 is 2.69 bits per heavy atom. The monoisotopic (exact) mass is 182 g/mol. The van der Waals surface area contributed by atoms with Crippen LogP contribution < -0.4 is 10.6 Å². The number of rotatable bonds is 3. The van der Waals surface area contributed by atoms with Gasteiger partial charge in [-0.1, -0.05) is 13.8 Å². The van der Waals surface area contributed by atoms with Crippen LogP contribution in [0.1, 0.15) is 20.3 Å². The highest BCUT2D eigenvalue weighted by Crippen LogP contribution is 2.55. The van der Waals surface area contributed by atoms with Crippen molar-refractivity contribution in [2.45, 2.75) is 20.3 Å². The molecule has 1 amide bonds. The van der Waals surface area contributed by atoms with Gasteiger partial charge in [-0.05, 0) is 12.3 Å². The zero-order valence-electron chi connectivity index (χ0n) is 8.39. The van der Waals surface area contributed by atoms with Crippen molar-refractivity contribution >= 4 is 5.91 Å². The van der Waals surface area contributed by atoms with E-state index < -0.39 is 0 Å². The van der Waals surface area contributed by atoms with Crippen molar-refractivity contribution in [3.05, 3.63) is 0 Å². The van der Waals surface area contributed by atoms with Gasteiger partial charge in [0, 0.05) is 31.0 Å². The molecule has 0 aromatic rings. The summed E-state index contributed by atoms with van der Waals surface area (Å²) in [4.78, 5) is 11.6. The number of carbonyl (C=O) groups excluding carboxylic acids is 1. The summed E-state index contributed by atoms with van der Waals surface area (Å²) in [7, 11) is 0. The molecule has 13 heavy (non-hydrogen) atoms. The third-order valence-electron chi connectivity index (χ3n) is 3.14. The van der Waals surface area contributed by atoms with Gasteiger partial charge in [-0.3, -0.25) is 4.79 Å². The van der Waals surface area contributed by atoms with Crippen LogP contribution in [0.25, 0.3) is 0 Å². The van der Waals surface area contributed by atoms with Crippen molar-refractivity contribution in [1.29, 1.82) is 0 Å². The summed E-state index contributed by atoms with van der Waals surface area (Å²) >= 11 is 0. The van der Waals surface area contributed by atoms with E-state index in [0.29, 0.717) is 17.3 Å². The molecule has 2 aliphatic rings. The van der Waals surface area contributed by atoms with E-state index in [1.807, 2.05) is 0 Å². The second kappa shape index (κ2) is 2.98. The van der Waals surface area contributed by atoms with E-state index >= 15 is 0 Å². The van der Waals surface area contributed by atoms with E-state index in [-0.39, 0.29) is 5.91 Å². The summed E-state index contributed by atoms with van der Waals surface area (Å²) < 4.78 is 0. The Morgan fingerprint density at radius 2 is 2.31 bits per heavy atom. The van der Waals surface area contributed by atoms with Gasteiger partial charge in [0.2, 0.25) is 5.91 Å². The Morgan fingerprint density at radius 1 is 1.62 bits per heavy atom. The van der Waals surface area contributed by atoms with E-state index in [1.54, 1.807) is 0 Å². The summed E-state index contributed by atoms with van der Waals surface area (Å²) in [6.07, 6.45) is 1.10. The van der Waals surface area contributed by atoms with Gasteiger partial charge in [0.05, 0.1) is 0 Å². The topological polar surface area (TPSA) is 41.1 Å². The SMILES string of the molecule is CC(C)CNC(=O)C1CC12CNC2. The van der Waals surface area contributed by atoms with Gasteiger partial charge < -0.3 is 10.6 Å². The van der Waals surface area contributed by atoms with Crippen LogP contribution in [0.2, 0.25) is 0 Å². The van der Waals surface area contributed by atoms with Crippen LogP contribution in [0.5, 0.6) is 0 Å². The van der Waals surface area contributed by atoms with E-state index in [1.165, 1.54) is 0 Å². The minimum atomic E-state index is 0.273. The molecule has 0 aromatic heterocycles. The lowest BCUT2D eigenvalue weighted by Gasteiger charge is -2.28. The van der Waals surface area contributed by atoms with Crippen LogP contribution in [-0.4, -0.2) is 25.5 Å². The van der Waals surface area contributed by atoms with Crippen molar-refractivity contribution in [1.82, 2.24) is 10.6 Å². The fourth-order valence-electron chi connectivity index (χ4n) is 1.98. The molecule has 1 spiro atoms. The maximum absolute atomic E-state index is 11.6. The molecular formula is C10H18N2O. The summed E-state index contributed by atoms with van der Waals surface area (Å²) in [6, 6.07) is 0. The molecule has 1 saturated heterocycles. The molecule has 3 nitrogen and oxygen atoms in total. The van der Waals surface area contributed by atoms with E-state index in [9.17, 15) is 4.79 Å². The summed E-state index contributed by atoms with van der Waals surface area (Å²) in [5, 5.41) is 6.23. The average Bonchev–Trinajstić information content (AvgIpc) is 2.73. The number of carbonyl (C=O) groups is 1. The van der Waals surface area contributed by atoms with Gasteiger partial charge in [-0.2, -0.15) is 0 Å². The van der Waals surface area contributed by atoms with Gasteiger partial charge in [-0.15, -0.1) is 0 Å². The molecule has 3 heteroatoms. The minimum Gasteiger partial charge on any atom is -0.356 e. The molecule has 2 N–H and O–H groups in total. The standard InChI is InChI=1S/C10H18N2O/c1-7(2)4-12-9(13)8-3-10(8)5-11-6-10/h7-8,11H,3-6H2,1-2H3,(H,12,13). The fraction of sp³-hybridized carbons (Fsp3) is 0.900. The third kappa shape index (κ3) is 1.57. The molecule has 0 radical (unpaired) electrons. The largest absolute Gasteiger partial charge is 0.356 e. The van der Waals surface area contributed by atoms with Crippen molar-refractivity contribution in [3.8, 4) is 0 Å². The Labute approximate surface area is 79.3 Å². The summed E-state index contributed by atoms with van der Waals surface area (Å²) in [6.45, 7) is 7.15. The number of hydrogen-bond acceptors (Lipinski definition) is 2. The second-order valence-electron chi connectivity index (χ2n) is 4.86. The molecule has 0 aromatic carbocycles. The zero-order chi connectivity index (χ0) is 9.47. The predicted octanol–water partition coefficient (Wildman–Crippen LogP) is 0.368. The quantitative estimate of drug-likeness (QED) is 0.662. The molecule has 1 atom stereocenters. The first-order valence-electron chi connectivity index (χ1n) is 5.12. The number of nitrogens with one attached hydrogen (secondary N) is 2. The first-order valence-corrected chi connectivity index (χ1v) is 5.12. The molecule has 1 aliphatic heterocycles. The molecule has 1 saturated carbocycles. The fourth-order valence-corrected chi connectivity index (χ4v) is 1.98. The molecular weight excluding hydrogens is 164 g/mol. The molecule has 0 bridgehead atoms. The highest BCUT2D eigenvalue weighted by Gasteiger charge is 2.61. The zero-order valence-corrected chi connectivity index (χ0v) is 8.39. The first-order chi connectivity index (χ1) is 6.14. The van der Waals surface area contributed by atoms with Crippen LogP contribution in [-0.2, 0) is 4.79 Å². The average molecular weight is 182 g/mol. The van der Waals surface area contributed by atoms with Crippen LogP contribution in [0, 0.1) is 17.3 Å². The molecule has 1 unspecified atom stereocenters. The maximum Gasteiger partial charge on any atom is 0.223 e. The number of hydrogen-bond donors (Lipinski definition) is 2. The van der Waals surface area contributed by atoms with Crippen LogP contribution >= 0.6 is 0 Å². The first kappa shape index (κ1) is 9.00. The van der Waals surface area contributed by atoms with Gasteiger partial charge in [-0.25, -0.2) is 0 Å². The summed E-state index contributed by atoms with van der Waals surface area (Å²) in [5.41, 5.74) is 0.376. The highest BCUT2D eigenvalue weighted by molar-refractivity contribution is 5.83. The lowest BCUT2D eigenvalue weighted by atomic mass is 9.96. The van der Waals surface area contributed by atoms with Crippen LogP contribution in [0.3, 0.4) is 0 Å². The van der Waals surface area contributed by atoms with Gasteiger partial charge in [0.15, 0.2) is 0 Å². The van der Waals surface area contributed by atoms with Crippen LogP contribution in [0.4, 0.5) is 0 Å². The Kier molecular flexibility index (Phi) is 2.06. The van der Waals surface area contributed by atoms with E-state index in [2.05, 4.69) is 24.5 Å². The Hall–Kier alpha value is -0.570. The Balaban J connectivity index is 1.74. The Bertz CT molecular complexity index is 221. The summed E-state index contributed by atoms with van der Waals surface area (Å²) in [5.74, 6) is 1.14. The molecule has 1 aliphatic carbocycles. The van der Waals surface area contributed by atoms with Gasteiger partial charge in [0.25, 0.3) is 0 Å². The number of amides is 1. The van der Waals surface area contributed by atoms with Crippen molar-refractivity contribution < 1.29 is 4.79 Å². The molecule has 2 fully saturated rings. The normalized spacial score (nSPS) is 28.7. The van der Waals surface area contributed by atoms with Crippen molar-refractivity contribution in [3.63, 3.8) is 0 Å². The molecule has 1 heterocycles. The second-order valence-corrected chi connectivity index (χ2v) is 4.86. The van der Waals surface area contributed by atoms with Gasteiger partial charge in [0.1, 0.15) is 0 Å². The van der Waals surface area contributed by atoms with Crippen molar-refractivity contribution in [2.24, 2.45) is 17.3 Å². The van der Waals surface area contributed by atoms with Crippen LogP contribution in [0.15, 0.2) is 0 Å². The highest BCUT2D eigenvalue weighted by atomic mass is 16.2. The minimum absolute atomic E-state index is 0.273. The van der Waals surface area contributed by atoms with Gasteiger partial charge >= 0.3 is 0 Å². The smallest absolute Gasteiger partial charge is 0.223 e. The lowest BCUT2D eigenvalue weighted by Crippen LogP contribution is -2.47. The molecule has 2 rings (SSSR count). The van der Waals surface area contributed by atoms with E-state index in [0.717, 1.165) is 26.1 Å². The van der Waals surface area contributed by atoms with Crippen molar-refractivity contribution in [2.75, 3.05) is 19.6 Å². The third-order valence-corrected chi connectivity index (χ3v) is 3.14. The molecule has 74 valence electrons.